The second-order valence-electron chi connectivity index (χ2n) is 2.70. The van der Waals surface area contributed by atoms with Crippen LogP contribution in [0.25, 0.3) is 0 Å². The van der Waals surface area contributed by atoms with Crippen LogP contribution in [0.5, 0.6) is 0 Å². The summed E-state index contributed by atoms with van der Waals surface area (Å²) in [5, 5.41) is 0. The van der Waals surface area contributed by atoms with E-state index in [1.165, 1.54) is 12.8 Å². The Balaban J connectivity index is 2.12. The summed E-state index contributed by atoms with van der Waals surface area (Å²) >= 11 is 0. The summed E-state index contributed by atoms with van der Waals surface area (Å²) in [5.74, 6) is 1.76. The van der Waals surface area contributed by atoms with Gasteiger partial charge in [-0.25, -0.2) is 0 Å². The molecule has 9 heavy (non-hydrogen) atoms. The largest absolute Gasteiger partial charge is 0.103 e. The van der Waals surface area contributed by atoms with Crippen LogP contribution in [0.2, 0.25) is 0 Å². The third-order valence-corrected chi connectivity index (χ3v) is 1.95. The van der Waals surface area contributed by atoms with E-state index < -0.39 is 0 Å². The smallest absolute Gasteiger partial charge is 0.0202 e. The van der Waals surface area contributed by atoms with Gasteiger partial charge in [0.05, 0.1) is 0 Å². The Morgan fingerprint density at radius 3 is 2.89 bits per heavy atom. The van der Waals surface area contributed by atoms with Crippen molar-refractivity contribution in [3.63, 3.8) is 0 Å². The molecule has 0 aromatic carbocycles. The van der Waals surface area contributed by atoms with Gasteiger partial charge in [0.15, 0.2) is 0 Å². The maximum Gasteiger partial charge on any atom is -0.0202 e. The third-order valence-electron chi connectivity index (χ3n) is 1.95. The van der Waals surface area contributed by atoms with Gasteiger partial charge in [-0.3, -0.25) is 0 Å². The van der Waals surface area contributed by atoms with E-state index in [-0.39, 0.29) is 0 Å². The fraction of sp³-hybridized carbons (Fsp3) is 0.556. The monoisotopic (exact) mass is 122 g/mol. The Hall–Kier alpha value is -0.520. The first kappa shape index (κ1) is 6.60. The van der Waals surface area contributed by atoms with Gasteiger partial charge in [0.2, 0.25) is 0 Å². The van der Waals surface area contributed by atoms with Crippen molar-refractivity contribution in [2.45, 2.75) is 19.8 Å². The molecule has 0 aliphatic heterocycles. The average Bonchev–Trinajstić information content (AvgIpc) is 2.62. The van der Waals surface area contributed by atoms with Crippen molar-refractivity contribution in [2.24, 2.45) is 11.8 Å². The lowest BCUT2D eigenvalue weighted by Gasteiger charge is -1.85. The molecule has 1 aliphatic carbocycles. The summed E-state index contributed by atoms with van der Waals surface area (Å²) in [7, 11) is 0. The van der Waals surface area contributed by atoms with E-state index >= 15 is 0 Å². The van der Waals surface area contributed by atoms with E-state index in [9.17, 15) is 0 Å². The second kappa shape index (κ2) is 2.86. The van der Waals surface area contributed by atoms with Gasteiger partial charge < -0.3 is 0 Å². The molecule has 0 heteroatoms. The molecule has 0 bridgehead atoms. The van der Waals surface area contributed by atoms with Gasteiger partial charge in [-0.2, -0.15) is 0 Å². The van der Waals surface area contributed by atoms with Crippen LogP contribution in [0.4, 0.5) is 0 Å². The standard InChI is InChI=1S/C9H14/c1-3-5-6-9-7-8(9)4-2/h3-5,8-9H,2,6-7H2,1H3/b5-3+/t8-,9-/m0/s1. The van der Waals surface area contributed by atoms with Crippen molar-refractivity contribution in [3.05, 3.63) is 24.8 Å². The van der Waals surface area contributed by atoms with Crippen molar-refractivity contribution < 1.29 is 0 Å². The first-order chi connectivity index (χ1) is 4.38. The van der Waals surface area contributed by atoms with E-state index in [0.717, 1.165) is 11.8 Å². The molecule has 0 aromatic rings. The summed E-state index contributed by atoms with van der Waals surface area (Å²) in [6.45, 7) is 5.83. The van der Waals surface area contributed by atoms with Crippen LogP contribution in [0.15, 0.2) is 24.8 Å². The maximum absolute atomic E-state index is 3.76. The van der Waals surface area contributed by atoms with Crippen molar-refractivity contribution in [3.8, 4) is 0 Å². The fourth-order valence-electron chi connectivity index (χ4n) is 1.14. The molecule has 0 aromatic heterocycles. The van der Waals surface area contributed by atoms with Crippen LogP contribution >= 0.6 is 0 Å². The highest BCUT2D eigenvalue weighted by Crippen LogP contribution is 2.41. The summed E-state index contributed by atoms with van der Waals surface area (Å²) in [4.78, 5) is 0. The zero-order valence-electron chi connectivity index (χ0n) is 6.01. The highest BCUT2D eigenvalue weighted by molar-refractivity contribution is 5.00. The Bertz CT molecular complexity index is 122. The maximum atomic E-state index is 3.76. The molecule has 1 rings (SSSR count). The zero-order chi connectivity index (χ0) is 6.69. The van der Waals surface area contributed by atoms with Crippen LogP contribution in [0.3, 0.4) is 0 Å². The first-order valence-electron chi connectivity index (χ1n) is 3.62. The molecule has 1 fully saturated rings. The minimum absolute atomic E-state index is 0.834. The lowest BCUT2D eigenvalue weighted by atomic mass is 10.2. The minimum atomic E-state index is 0.834. The van der Waals surface area contributed by atoms with Gasteiger partial charge >= 0.3 is 0 Å². The molecule has 0 saturated heterocycles. The Morgan fingerprint density at radius 2 is 2.44 bits per heavy atom. The number of rotatable bonds is 3. The first-order valence-corrected chi connectivity index (χ1v) is 3.62. The molecule has 0 N–H and O–H groups in total. The summed E-state index contributed by atoms with van der Waals surface area (Å²) < 4.78 is 0. The van der Waals surface area contributed by atoms with E-state index in [0.29, 0.717) is 0 Å². The topological polar surface area (TPSA) is 0 Å². The van der Waals surface area contributed by atoms with Crippen molar-refractivity contribution >= 4 is 0 Å². The average molecular weight is 122 g/mol. The van der Waals surface area contributed by atoms with Gasteiger partial charge in [0.1, 0.15) is 0 Å². The normalized spacial score (nSPS) is 33.0. The van der Waals surface area contributed by atoms with Gasteiger partial charge in [0.25, 0.3) is 0 Å². The van der Waals surface area contributed by atoms with E-state index in [1.54, 1.807) is 0 Å². The summed E-state index contributed by atoms with van der Waals surface area (Å²) in [6.07, 6.45) is 9.07. The molecule has 0 nitrogen and oxygen atoms in total. The third kappa shape index (κ3) is 1.70. The summed E-state index contributed by atoms with van der Waals surface area (Å²) in [5.41, 5.74) is 0. The predicted molar refractivity (Wildman–Crippen MR) is 41.2 cm³/mol. The Morgan fingerprint density at radius 1 is 1.67 bits per heavy atom. The van der Waals surface area contributed by atoms with Crippen molar-refractivity contribution in [1.29, 1.82) is 0 Å². The van der Waals surface area contributed by atoms with E-state index in [4.69, 9.17) is 0 Å². The second-order valence-corrected chi connectivity index (χ2v) is 2.70. The Kier molecular flexibility index (Phi) is 2.10. The molecule has 0 heterocycles. The molecule has 1 saturated carbocycles. The number of hydrogen-bond donors (Lipinski definition) is 0. The van der Waals surface area contributed by atoms with Gasteiger partial charge in [-0.05, 0) is 31.6 Å². The van der Waals surface area contributed by atoms with E-state index in [1.807, 2.05) is 0 Å². The van der Waals surface area contributed by atoms with Crippen molar-refractivity contribution in [2.75, 3.05) is 0 Å². The molecule has 0 amide bonds. The van der Waals surface area contributed by atoms with E-state index in [2.05, 4.69) is 31.7 Å². The SMILES string of the molecule is C=C[C@H]1C[C@@H]1C/C=C/C. The van der Waals surface area contributed by atoms with Crippen molar-refractivity contribution in [1.82, 2.24) is 0 Å². The van der Waals surface area contributed by atoms with Crippen LogP contribution in [-0.2, 0) is 0 Å². The van der Waals surface area contributed by atoms with Crippen LogP contribution in [0, 0.1) is 11.8 Å². The lowest BCUT2D eigenvalue weighted by molar-refractivity contribution is 0.807. The van der Waals surface area contributed by atoms with Crippen LogP contribution < -0.4 is 0 Å². The summed E-state index contributed by atoms with van der Waals surface area (Å²) in [6, 6.07) is 0. The molecular formula is C9H14. The highest BCUT2D eigenvalue weighted by atomic mass is 14.4. The molecule has 0 unspecified atom stereocenters. The molecule has 2 atom stereocenters. The predicted octanol–water partition coefficient (Wildman–Crippen LogP) is 2.77. The number of hydrogen-bond acceptors (Lipinski definition) is 0. The van der Waals surface area contributed by atoms with Crippen LogP contribution in [-0.4, -0.2) is 0 Å². The van der Waals surface area contributed by atoms with Crippen LogP contribution in [0.1, 0.15) is 19.8 Å². The Labute approximate surface area is 57.3 Å². The molecule has 0 radical (unpaired) electrons. The quantitative estimate of drug-likeness (QED) is 0.505. The highest BCUT2D eigenvalue weighted by Gasteiger charge is 2.32. The fourth-order valence-corrected chi connectivity index (χ4v) is 1.14. The molecule has 0 spiro atoms. The lowest BCUT2D eigenvalue weighted by Crippen LogP contribution is -1.73. The molecule has 1 aliphatic rings. The minimum Gasteiger partial charge on any atom is -0.103 e. The molecular weight excluding hydrogens is 108 g/mol. The van der Waals surface area contributed by atoms with Gasteiger partial charge in [0, 0.05) is 0 Å². The number of allylic oxidation sites excluding steroid dienone is 3. The zero-order valence-corrected chi connectivity index (χ0v) is 6.01. The van der Waals surface area contributed by atoms with Gasteiger partial charge in [-0.15, -0.1) is 6.58 Å². The van der Waals surface area contributed by atoms with Gasteiger partial charge in [-0.1, -0.05) is 18.2 Å². The molecule has 50 valence electrons.